The fourth-order valence-corrected chi connectivity index (χ4v) is 3.17. The molecule has 0 fully saturated rings. The average Bonchev–Trinajstić information content (AvgIpc) is 2.63. The molecule has 27 heavy (non-hydrogen) atoms. The van der Waals surface area contributed by atoms with Crippen LogP contribution >= 0.6 is 0 Å². The van der Waals surface area contributed by atoms with Crippen molar-refractivity contribution in [2.45, 2.75) is 33.7 Å². The Hall–Kier alpha value is -3.22. The van der Waals surface area contributed by atoms with E-state index in [9.17, 15) is 14.4 Å². The van der Waals surface area contributed by atoms with Gasteiger partial charge in [0.2, 0.25) is 5.91 Å². The molecule has 3 aromatic rings. The van der Waals surface area contributed by atoms with Crippen LogP contribution in [0, 0.1) is 13.8 Å². The van der Waals surface area contributed by atoms with Gasteiger partial charge in [-0.15, -0.1) is 0 Å². The quantitative estimate of drug-likeness (QED) is 0.764. The number of fused-ring (bicyclic) bond motifs is 1. The molecule has 2 aromatic heterocycles. The van der Waals surface area contributed by atoms with Crippen LogP contribution in [0.3, 0.4) is 0 Å². The first kappa shape index (κ1) is 18.6. The van der Waals surface area contributed by atoms with E-state index in [0.29, 0.717) is 16.7 Å². The van der Waals surface area contributed by atoms with E-state index in [4.69, 9.17) is 0 Å². The van der Waals surface area contributed by atoms with Crippen LogP contribution in [0.4, 0.5) is 5.69 Å². The van der Waals surface area contributed by atoms with Crippen molar-refractivity contribution < 1.29 is 4.79 Å². The van der Waals surface area contributed by atoms with Gasteiger partial charge in [0.25, 0.3) is 5.56 Å². The second-order valence-corrected chi connectivity index (χ2v) is 6.61. The minimum absolute atomic E-state index is 0.329. The highest BCUT2D eigenvalue weighted by atomic mass is 16.2. The van der Waals surface area contributed by atoms with Gasteiger partial charge in [-0.3, -0.25) is 18.7 Å². The molecule has 0 aliphatic heterocycles. The summed E-state index contributed by atoms with van der Waals surface area (Å²) >= 11 is 0. The lowest BCUT2D eigenvalue weighted by Crippen LogP contribution is -2.42. The number of carbonyl (C=O) groups excluding carboxylic acids is 1. The molecule has 7 nitrogen and oxygen atoms in total. The largest absolute Gasteiger partial charge is 0.332 e. The van der Waals surface area contributed by atoms with E-state index in [0.717, 1.165) is 27.8 Å². The smallest absolute Gasteiger partial charge is 0.325 e. The molecule has 1 amide bonds. The maximum absolute atomic E-state index is 12.9. The van der Waals surface area contributed by atoms with Gasteiger partial charge in [0.15, 0.2) is 0 Å². The highest BCUT2D eigenvalue weighted by Crippen LogP contribution is 2.13. The van der Waals surface area contributed by atoms with Crippen LogP contribution in [0.15, 0.2) is 39.9 Å². The number of aromatic nitrogens is 3. The van der Waals surface area contributed by atoms with Crippen molar-refractivity contribution >= 4 is 22.6 Å². The van der Waals surface area contributed by atoms with E-state index in [2.05, 4.69) is 10.3 Å². The van der Waals surface area contributed by atoms with Gasteiger partial charge in [-0.05, 0) is 49.6 Å². The Kier molecular flexibility index (Phi) is 4.94. The van der Waals surface area contributed by atoms with Gasteiger partial charge in [0.1, 0.15) is 12.2 Å². The highest BCUT2D eigenvalue weighted by Gasteiger charge is 2.16. The number of anilines is 1. The number of nitrogens with one attached hydrogen (secondary N) is 1. The monoisotopic (exact) mass is 366 g/mol. The number of rotatable bonds is 4. The van der Waals surface area contributed by atoms with Crippen LogP contribution in [0.1, 0.15) is 23.7 Å². The van der Waals surface area contributed by atoms with Crippen LogP contribution in [-0.4, -0.2) is 20.0 Å². The second kappa shape index (κ2) is 7.19. The lowest BCUT2D eigenvalue weighted by Gasteiger charge is -2.12. The van der Waals surface area contributed by atoms with Crippen LogP contribution in [0.25, 0.3) is 11.0 Å². The third-order valence-corrected chi connectivity index (χ3v) is 4.54. The van der Waals surface area contributed by atoms with Crippen molar-refractivity contribution in [1.29, 1.82) is 0 Å². The van der Waals surface area contributed by atoms with Crippen molar-refractivity contribution in [1.82, 2.24) is 14.1 Å². The molecule has 0 aliphatic carbocycles. The van der Waals surface area contributed by atoms with Crippen LogP contribution in [0.5, 0.6) is 0 Å². The Morgan fingerprint density at radius 3 is 2.63 bits per heavy atom. The number of amides is 1. The normalized spacial score (nSPS) is 11.0. The molecular weight excluding hydrogens is 344 g/mol. The number of pyridine rings is 1. The van der Waals surface area contributed by atoms with Crippen LogP contribution in [0.2, 0.25) is 0 Å². The van der Waals surface area contributed by atoms with E-state index in [1.54, 1.807) is 33.0 Å². The summed E-state index contributed by atoms with van der Waals surface area (Å²) < 4.78 is 2.26. The van der Waals surface area contributed by atoms with Gasteiger partial charge < -0.3 is 5.32 Å². The Bertz CT molecular complexity index is 1160. The summed E-state index contributed by atoms with van der Waals surface area (Å²) in [5.41, 5.74) is 2.43. The molecule has 0 unspecified atom stereocenters. The zero-order chi connectivity index (χ0) is 19.7. The van der Waals surface area contributed by atoms with Gasteiger partial charge in [0.05, 0.1) is 5.39 Å². The zero-order valence-electron chi connectivity index (χ0n) is 15.9. The van der Waals surface area contributed by atoms with E-state index < -0.39 is 17.2 Å². The molecule has 2 heterocycles. The Morgan fingerprint density at radius 2 is 1.93 bits per heavy atom. The van der Waals surface area contributed by atoms with E-state index >= 15 is 0 Å². The van der Waals surface area contributed by atoms with Gasteiger partial charge in [0, 0.05) is 18.4 Å². The van der Waals surface area contributed by atoms with Gasteiger partial charge >= 0.3 is 5.69 Å². The number of benzene rings is 1. The molecule has 0 radical (unpaired) electrons. The summed E-state index contributed by atoms with van der Waals surface area (Å²) in [5, 5.41) is 3.10. The van der Waals surface area contributed by atoms with Crippen molar-refractivity contribution in [2.24, 2.45) is 7.05 Å². The summed E-state index contributed by atoms with van der Waals surface area (Å²) in [6.07, 6.45) is 0.847. The molecule has 0 spiro atoms. The summed E-state index contributed by atoms with van der Waals surface area (Å²) in [6.45, 7) is 5.27. The Balaban J connectivity index is 2.01. The topological polar surface area (TPSA) is 86.0 Å². The van der Waals surface area contributed by atoms with Gasteiger partial charge in [-0.2, -0.15) is 0 Å². The summed E-state index contributed by atoms with van der Waals surface area (Å²) in [6, 6.07) is 9.25. The van der Waals surface area contributed by atoms with Gasteiger partial charge in [-0.1, -0.05) is 19.1 Å². The fraction of sp³-hybridized carbons (Fsp3) is 0.300. The summed E-state index contributed by atoms with van der Waals surface area (Å²) in [4.78, 5) is 42.2. The number of hydrogen-bond acceptors (Lipinski definition) is 4. The number of nitrogens with zero attached hydrogens (tertiary/aromatic N) is 3. The molecule has 0 aliphatic rings. The summed E-state index contributed by atoms with van der Waals surface area (Å²) in [7, 11) is 1.55. The third-order valence-electron chi connectivity index (χ3n) is 4.54. The summed E-state index contributed by atoms with van der Waals surface area (Å²) in [5.74, 6) is -0.431. The second-order valence-electron chi connectivity index (χ2n) is 6.61. The maximum Gasteiger partial charge on any atom is 0.332 e. The molecule has 3 rings (SSSR count). The van der Waals surface area contributed by atoms with Crippen molar-refractivity contribution in [2.75, 3.05) is 5.32 Å². The molecule has 1 aromatic carbocycles. The fourth-order valence-electron chi connectivity index (χ4n) is 3.17. The zero-order valence-corrected chi connectivity index (χ0v) is 15.9. The van der Waals surface area contributed by atoms with Crippen LogP contribution < -0.4 is 16.6 Å². The Labute approximate surface area is 156 Å². The molecule has 0 saturated carbocycles. The first-order chi connectivity index (χ1) is 12.8. The SMILES string of the molecule is CCc1cccc(NC(=O)Cn2c(=O)c3c(C)cc(C)nc3n(C)c2=O)c1. The number of aryl methyl sites for hydroxylation is 4. The minimum atomic E-state index is -0.567. The first-order valence-corrected chi connectivity index (χ1v) is 8.78. The molecule has 1 N–H and O–H groups in total. The predicted molar refractivity (Wildman–Crippen MR) is 105 cm³/mol. The van der Waals surface area contributed by atoms with Gasteiger partial charge in [-0.25, -0.2) is 9.78 Å². The predicted octanol–water partition coefficient (Wildman–Crippen LogP) is 1.91. The molecule has 7 heteroatoms. The molecule has 140 valence electrons. The molecule has 0 bridgehead atoms. The van der Waals surface area contributed by atoms with Crippen molar-refractivity contribution in [3.8, 4) is 0 Å². The number of carbonyl (C=O) groups is 1. The van der Waals surface area contributed by atoms with E-state index in [1.807, 2.05) is 25.1 Å². The molecule has 0 saturated heterocycles. The molecule has 0 atom stereocenters. The lowest BCUT2D eigenvalue weighted by molar-refractivity contribution is -0.116. The number of hydrogen-bond donors (Lipinski definition) is 1. The molecular formula is C20H22N4O3. The standard InChI is InChI=1S/C20H22N4O3/c1-5-14-7-6-8-15(10-14)22-16(25)11-24-19(26)17-12(2)9-13(3)21-18(17)23(4)20(24)27/h6-10H,5,11H2,1-4H3,(H,22,25). The lowest BCUT2D eigenvalue weighted by atomic mass is 10.1. The van der Waals surface area contributed by atoms with E-state index in [1.165, 1.54) is 4.57 Å². The maximum atomic E-state index is 12.9. The Morgan fingerprint density at radius 1 is 1.19 bits per heavy atom. The first-order valence-electron chi connectivity index (χ1n) is 8.78. The third kappa shape index (κ3) is 3.53. The van der Waals surface area contributed by atoms with Crippen molar-refractivity contribution in [3.05, 3.63) is 68.0 Å². The average molecular weight is 366 g/mol. The highest BCUT2D eigenvalue weighted by molar-refractivity contribution is 5.90. The van der Waals surface area contributed by atoms with E-state index in [-0.39, 0.29) is 6.54 Å². The van der Waals surface area contributed by atoms with Crippen molar-refractivity contribution in [3.63, 3.8) is 0 Å². The minimum Gasteiger partial charge on any atom is -0.325 e. The van der Waals surface area contributed by atoms with Crippen LogP contribution in [-0.2, 0) is 24.8 Å².